The molecule has 1 aromatic carbocycles. The van der Waals surface area contributed by atoms with Crippen LogP contribution in [0.2, 0.25) is 0 Å². The first-order valence-corrected chi connectivity index (χ1v) is 11.0. The van der Waals surface area contributed by atoms with Crippen LogP contribution in [-0.4, -0.2) is 57.8 Å². The molecule has 0 amide bonds. The monoisotopic (exact) mass is 497 g/mol. The molecule has 0 spiro atoms. The molecule has 4 aromatic heterocycles. The van der Waals surface area contributed by atoms with Crippen molar-refractivity contribution in [3.63, 3.8) is 0 Å². The summed E-state index contributed by atoms with van der Waals surface area (Å²) in [6.07, 6.45) is -3.13. The Hall–Kier alpha value is -4.39. The molecule has 0 radical (unpaired) electrons. The lowest BCUT2D eigenvalue weighted by Crippen LogP contribution is -2.37. The zero-order chi connectivity index (χ0) is 24.7. The molecule has 0 atom stereocenters. The number of ether oxygens (including phenoxy) is 2. The van der Waals surface area contributed by atoms with Crippen molar-refractivity contribution < 1.29 is 27.1 Å². The van der Waals surface area contributed by atoms with E-state index in [1.165, 1.54) is 18.2 Å². The molecule has 1 saturated heterocycles. The zero-order valence-corrected chi connectivity index (χ0v) is 18.5. The van der Waals surface area contributed by atoms with Crippen molar-refractivity contribution in [1.29, 1.82) is 0 Å². The van der Waals surface area contributed by atoms with Gasteiger partial charge >= 0.3 is 6.36 Å². The number of fused-ring (bicyclic) bond motifs is 3. The second-order valence-electron chi connectivity index (χ2n) is 7.97. The Morgan fingerprint density at radius 1 is 1.06 bits per heavy atom. The van der Waals surface area contributed by atoms with Crippen LogP contribution in [0.15, 0.2) is 53.1 Å². The molecule has 0 aliphatic carbocycles. The van der Waals surface area contributed by atoms with Gasteiger partial charge in [0.05, 0.1) is 24.3 Å². The van der Waals surface area contributed by atoms with Gasteiger partial charge in [-0.2, -0.15) is 10.1 Å². The number of furan rings is 1. The molecular weight excluding hydrogens is 479 g/mol. The lowest BCUT2D eigenvalue weighted by atomic mass is 10.1. The van der Waals surface area contributed by atoms with Crippen molar-refractivity contribution in [2.45, 2.75) is 6.36 Å². The Morgan fingerprint density at radius 3 is 2.75 bits per heavy atom. The van der Waals surface area contributed by atoms with Crippen LogP contribution in [0.4, 0.5) is 30.8 Å². The Labute approximate surface area is 201 Å². The van der Waals surface area contributed by atoms with Gasteiger partial charge in [-0.1, -0.05) is 12.1 Å². The third-order valence-corrected chi connectivity index (χ3v) is 5.57. The molecule has 6 rings (SSSR count). The summed E-state index contributed by atoms with van der Waals surface area (Å²) >= 11 is 0. The first-order chi connectivity index (χ1) is 17.4. The lowest BCUT2D eigenvalue weighted by Gasteiger charge is -2.27. The highest BCUT2D eigenvalue weighted by atomic mass is 19.4. The second kappa shape index (κ2) is 8.68. The minimum atomic E-state index is -4.78. The fourth-order valence-electron chi connectivity index (χ4n) is 4.02. The SMILES string of the molecule is FC(F)(F)Oc1cccc(-c2cc(Nc3nc(N4CCOCC4)c4oc5ncccc5c4n3)[nH]n2)c1. The van der Waals surface area contributed by atoms with E-state index in [0.29, 0.717) is 72.0 Å². The highest BCUT2D eigenvalue weighted by molar-refractivity contribution is 6.05. The number of benzene rings is 1. The van der Waals surface area contributed by atoms with Gasteiger partial charge in [0.25, 0.3) is 0 Å². The molecule has 5 aromatic rings. The normalized spacial score (nSPS) is 14.5. The summed E-state index contributed by atoms with van der Waals surface area (Å²) < 4.78 is 53.2. The van der Waals surface area contributed by atoms with Crippen LogP contribution in [0.25, 0.3) is 33.5 Å². The number of aromatic amines is 1. The number of nitrogens with one attached hydrogen (secondary N) is 2. The number of morpholine rings is 1. The van der Waals surface area contributed by atoms with E-state index in [9.17, 15) is 13.2 Å². The van der Waals surface area contributed by atoms with E-state index >= 15 is 0 Å². The average molecular weight is 497 g/mol. The fourth-order valence-corrected chi connectivity index (χ4v) is 4.02. The van der Waals surface area contributed by atoms with Crippen LogP contribution in [0.3, 0.4) is 0 Å². The van der Waals surface area contributed by atoms with Crippen LogP contribution < -0.4 is 15.0 Å². The molecular formula is C23H18F3N7O3. The van der Waals surface area contributed by atoms with E-state index in [1.54, 1.807) is 24.4 Å². The summed E-state index contributed by atoms with van der Waals surface area (Å²) in [6, 6.07) is 10.9. The third-order valence-electron chi connectivity index (χ3n) is 5.57. The van der Waals surface area contributed by atoms with Crippen molar-refractivity contribution in [3.8, 4) is 17.0 Å². The molecule has 5 heterocycles. The van der Waals surface area contributed by atoms with Crippen molar-refractivity contribution >= 4 is 39.8 Å². The van der Waals surface area contributed by atoms with E-state index < -0.39 is 6.36 Å². The summed E-state index contributed by atoms with van der Waals surface area (Å²) in [7, 11) is 0. The van der Waals surface area contributed by atoms with E-state index in [0.717, 1.165) is 5.39 Å². The van der Waals surface area contributed by atoms with Crippen molar-refractivity contribution in [2.24, 2.45) is 0 Å². The molecule has 36 heavy (non-hydrogen) atoms. The molecule has 0 unspecified atom stereocenters. The summed E-state index contributed by atoms with van der Waals surface area (Å²) in [5, 5.41) is 10.9. The van der Waals surface area contributed by atoms with Crippen LogP contribution in [-0.2, 0) is 4.74 Å². The smallest absolute Gasteiger partial charge is 0.432 e. The van der Waals surface area contributed by atoms with Gasteiger partial charge in [-0.05, 0) is 24.3 Å². The van der Waals surface area contributed by atoms with Gasteiger partial charge in [0, 0.05) is 30.9 Å². The molecule has 0 saturated carbocycles. The van der Waals surface area contributed by atoms with Crippen molar-refractivity contribution in [1.82, 2.24) is 25.1 Å². The zero-order valence-electron chi connectivity index (χ0n) is 18.5. The fraction of sp³-hybridized carbons (Fsp3) is 0.217. The maximum absolute atomic E-state index is 12.6. The second-order valence-corrected chi connectivity index (χ2v) is 7.97. The summed E-state index contributed by atoms with van der Waals surface area (Å²) in [6.45, 7) is 2.41. The lowest BCUT2D eigenvalue weighted by molar-refractivity contribution is -0.274. The number of H-pyrrole nitrogens is 1. The first kappa shape index (κ1) is 22.1. The van der Waals surface area contributed by atoms with Crippen LogP contribution in [0, 0.1) is 0 Å². The number of pyridine rings is 1. The third kappa shape index (κ3) is 4.35. The maximum atomic E-state index is 12.6. The maximum Gasteiger partial charge on any atom is 0.573 e. The number of rotatable bonds is 5. The molecule has 1 fully saturated rings. The molecule has 184 valence electrons. The first-order valence-electron chi connectivity index (χ1n) is 11.0. The average Bonchev–Trinajstić information content (AvgIpc) is 3.48. The molecule has 1 aliphatic heterocycles. The Kier molecular flexibility index (Phi) is 5.33. The Morgan fingerprint density at radius 2 is 1.92 bits per heavy atom. The summed E-state index contributed by atoms with van der Waals surface area (Å²) in [5.74, 6) is 1.02. The van der Waals surface area contributed by atoms with Crippen molar-refractivity contribution in [2.75, 3.05) is 36.5 Å². The Balaban J connectivity index is 1.34. The quantitative estimate of drug-likeness (QED) is 0.358. The number of halogens is 3. The van der Waals surface area contributed by atoms with Crippen LogP contribution in [0.1, 0.15) is 0 Å². The Bertz CT molecular complexity index is 1540. The van der Waals surface area contributed by atoms with Gasteiger partial charge in [-0.15, -0.1) is 13.2 Å². The summed E-state index contributed by atoms with van der Waals surface area (Å²) in [4.78, 5) is 15.7. The summed E-state index contributed by atoms with van der Waals surface area (Å²) in [5.41, 5.74) is 2.45. The number of anilines is 3. The number of aromatic nitrogens is 5. The van der Waals surface area contributed by atoms with Crippen LogP contribution >= 0.6 is 0 Å². The van der Waals surface area contributed by atoms with Crippen molar-refractivity contribution in [3.05, 3.63) is 48.7 Å². The minimum Gasteiger partial charge on any atom is -0.432 e. The number of alkyl halides is 3. The van der Waals surface area contributed by atoms with E-state index in [1.807, 2.05) is 6.07 Å². The standard InChI is InChI=1S/C23H18F3N7O3/c24-23(25,26)36-14-4-1-3-13(11-14)16-12-17(32-31-16)28-22-29-18-15-5-2-6-27-21(15)35-19(18)20(30-22)33-7-9-34-10-8-33/h1-6,11-12H,7-10H2,(H2,28,29,30,31,32). The van der Waals surface area contributed by atoms with Crippen LogP contribution in [0.5, 0.6) is 5.75 Å². The van der Waals surface area contributed by atoms with Gasteiger partial charge in [-0.25, -0.2) is 9.97 Å². The van der Waals surface area contributed by atoms with E-state index in [-0.39, 0.29) is 5.75 Å². The highest BCUT2D eigenvalue weighted by Crippen LogP contribution is 2.34. The molecule has 0 bridgehead atoms. The largest absolute Gasteiger partial charge is 0.573 e. The van der Waals surface area contributed by atoms with Gasteiger partial charge in [-0.3, -0.25) is 5.10 Å². The van der Waals surface area contributed by atoms with Gasteiger partial charge in [0.15, 0.2) is 11.4 Å². The molecule has 2 N–H and O–H groups in total. The van der Waals surface area contributed by atoms with E-state index in [4.69, 9.17) is 9.15 Å². The van der Waals surface area contributed by atoms with Gasteiger partial charge in [0.1, 0.15) is 17.1 Å². The van der Waals surface area contributed by atoms with Gasteiger partial charge < -0.3 is 24.1 Å². The predicted octanol–water partition coefficient (Wildman–Crippen LogP) is 4.64. The predicted molar refractivity (Wildman–Crippen MR) is 124 cm³/mol. The minimum absolute atomic E-state index is 0.292. The topological polar surface area (TPSA) is 114 Å². The van der Waals surface area contributed by atoms with E-state index in [2.05, 4.69) is 40.1 Å². The molecule has 1 aliphatic rings. The highest BCUT2D eigenvalue weighted by Gasteiger charge is 2.31. The number of hydrogen-bond donors (Lipinski definition) is 2. The number of nitrogens with zero attached hydrogens (tertiary/aromatic N) is 5. The number of hydrogen-bond acceptors (Lipinski definition) is 9. The van der Waals surface area contributed by atoms with Gasteiger partial charge in [0.2, 0.25) is 11.7 Å². The molecule has 13 heteroatoms. The molecule has 10 nitrogen and oxygen atoms in total.